The van der Waals surface area contributed by atoms with Crippen molar-refractivity contribution in [2.45, 2.75) is 12.8 Å². The molecule has 1 aromatic heterocycles. The van der Waals surface area contributed by atoms with E-state index in [1.807, 2.05) is 47.4 Å². The number of hydrogen-bond acceptors (Lipinski definition) is 4. The maximum Gasteiger partial charge on any atom is 0.223 e. The number of benzene rings is 2. The lowest BCUT2D eigenvalue weighted by atomic mass is 10.1. The molecular weight excluding hydrogens is 364 g/mol. The highest BCUT2D eigenvalue weighted by molar-refractivity contribution is 5.76. The first-order valence-corrected chi connectivity index (χ1v) is 10.0. The van der Waals surface area contributed by atoms with Gasteiger partial charge in [-0.2, -0.15) is 0 Å². The summed E-state index contributed by atoms with van der Waals surface area (Å²) in [4.78, 5) is 16.9. The third-order valence-electron chi connectivity index (χ3n) is 5.38. The van der Waals surface area contributed by atoms with Gasteiger partial charge in [0.05, 0.1) is 7.11 Å². The van der Waals surface area contributed by atoms with Gasteiger partial charge in [-0.1, -0.05) is 18.2 Å². The second-order valence-electron chi connectivity index (χ2n) is 7.20. The predicted molar refractivity (Wildman–Crippen MR) is 114 cm³/mol. The molecule has 0 unspecified atom stereocenters. The van der Waals surface area contributed by atoms with E-state index in [4.69, 9.17) is 9.15 Å². The normalized spacial score (nSPS) is 14.1. The van der Waals surface area contributed by atoms with Crippen LogP contribution in [0.15, 0.2) is 71.1 Å². The molecule has 1 fully saturated rings. The van der Waals surface area contributed by atoms with Crippen molar-refractivity contribution < 1.29 is 13.9 Å². The third-order valence-corrected chi connectivity index (χ3v) is 5.38. The molecule has 3 aromatic rings. The number of piperazine rings is 1. The third kappa shape index (κ3) is 4.62. The molecule has 0 bridgehead atoms. The Morgan fingerprint density at radius 1 is 0.931 bits per heavy atom. The predicted octanol–water partition coefficient (Wildman–Crippen LogP) is 4.24. The Morgan fingerprint density at radius 2 is 1.66 bits per heavy atom. The second-order valence-corrected chi connectivity index (χ2v) is 7.20. The van der Waals surface area contributed by atoms with E-state index in [2.05, 4.69) is 29.2 Å². The molecule has 0 spiro atoms. The van der Waals surface area contributed by atoms with Crippen molar-refractivity contribution >= 4 is 11.6 Å². The van der Waals surface area contributed by atoms with Gasteiger partial charge in [0.1, 0.15) is 17.3 Å². The maximum atomic E-state index is 12.6. The SMILES string of the molecule is COc1ccc(-c2ccc(CCC(=O)N3CCN(c4ccccc4)CC3)o2)cc1. The molecule has 0 aliphatic carbocycles. The van der Waals surface area contributed by atoms with Crippen LogP contribution < -0.4 is 9.64 Å². The fourth-order valence-electron chi connectivity index (χ4n) is 3.66. The molecule has 4 rings (SSSR count). The summed E-state index contributed by atoms with van der Waals surface area (Å²) in [6, 6.07) is 22.1. The molecule has 5 nitrogen and oxygen atoms in total. The van der Waals surface area contributed by atoms with E-state index in [9.17, 15) is 4.79 Å². The number of amides is 1. The fourth-order valence-corrected chi connectivity index (χ4v) is 3.66. The van der Waals surface area contributed by atoms with Gasteiger partial charge in [0, 0.05) is 50.3 Å². The molecule has 150 valence electrons. The Kier molecular flexibility index (Phi) is 5.84. The first-order valence-electron chi connectivity index (χ1n) is 10.0. The molecule has 2 heterocycles. The number of carbonyl (C=O) groups is 1. The summed E-state index contributed by atoms with van der Waals surface area (Å²) in [6.45, 7) is 3.28. The molecule has 29 heavy (non-hydrogen) atoms. The lowest BCUT2D eigenvalue weighted by Gasteiger charge is -2.36. The number of methoxy groups -OCH3 is 1. The van der Waals surface area contributed by atoms with Gasteiger partial charge in [-0.25, -0.2) is 0 Å². The van der Waals surface area contributed by atoms with Crippen molar-refractivity contribution in [1.29, 1.82) is 0 Å². The van der Waals surface area contributed by atoms with Crippen molar-refractivity contribution in [1.82, 2.24) is 4.90 Å². The first-order chi connectivity index (χ1) is 14.2. The second kappa shape index (κ2) is 8.86. The fraction of sp³-hybridized carbons (Fsp3) is 0.292. The molecule has 5 heteroatoms. The van der Waals surface area contributed by atoms with Crippen molar-refractivity contribution in [2.24, 2.45) is 0 Å². The van der Waals surface area contributed by atoms with Crippen LogP contribution in [0.2, 0.25) is 0 Å². The van der Waals surface area contributed by atoms with E-state index >= 15 is 0 Å². The summed E-state index contributed by atoms with van der Waals surface area (Å²) >= 11 is 0. The lowest BCUT2D eigenvalue weighted by molar-refractivity contribution is -0.131. The molecule has 0 radical (unpaired) electrons. The summed E-state index contributed by atoms with van der Waals surface area (Å²) in [5.41, 5.74) is 2.22. The summed E-state index contributed by atoms with van der Waals surface area (Å²) in [6.07, 6.45) is 1.09. The lowest BCUT2D eigenvalue weighted by Crippen LogP contribution is -2.48. The van der Waals surface area contributed by atoms with Gasteiger partial charge in [-0.3, -0.25) is 4.79 Å². The number of carbonyl (C=O) groups excluding carboxylic acids is 1. The number of ether oxygens (including phenoxy) is 1. The highest BCUT2D eigenvalue weighted by atomic mass is 16.5. The topological polar surface area (TPSA) is 45.9 Å². The van der Waals surface area contributed by atoms with Gasteiger partial charge in [-0.15, -0.1) is 0 Å². The van der Waals surface area contributed by atoms with Gasteiger partial charge in [-0.05, 0) is 48.5 Å². The Hall–Kier alpha value is -3.21. The van der Waals surface area contributed by atoms with Gasteiger partial charge >= 0.3 is 0 Å². The molecular formula is C24H26N2O3. The van der Waals surface area contributed by atoms with E-state index in [0.717, 1.165) is 49.0 Å². The monoisotopic (exact) mass is 390 g/mol. The van der Waals surface area contributed by atoms with E-state index in [1.54, 1.807) is 7.11 Å². The number of hydrogen-bond donors (Lipinski definition) is 0. The average molecular weight is 390 g/mol. The minimum Gasteiger partial charge on any atom is -0.497 e. The summed E-state index contributed by atoms with van der Waals surface area (Å²) in [5, 5.41) is 0. The Morgan fingerprint density at radius 3 is 2.34 bits per heavy atom. The summed E-state index contributed by atoms with van der Waals surface area (Å²) < 4.78 is 11.1. The van der Waals surface area contributed by atoms with Crippen molar-refractivity contribution in [3.05, 3.63) is 72.5 Å². The average Bonchev–Trinajstić information content (AvgIpc) is 3.27. The Bertz CT molecular complexity index is 926. The zero-order valence-electron chi connectivity index (χ0n) is 16.7. The maximum absolute atomic E-state index is 12.6. The molecule has 1 amide bonds. The van der Waals surface area contributed by atoms with Crippen LogP contribution >= 0.6 is 0 Å². The standard InChI is InChI=1S/C24H26N2O3/c1-28-21-9-7-19(8-10-21)23-13-11-22(29-23)12-14-24(27)26-17-15-25(16-18-26)20-5-3-2-4-6-20/h2-11,13H,12,14-18H2,1H3. The number of rotatable bonds is 6. The highest BCUT2D eigenvalue weighted by Gasteiger charge is 2.21. The van der Waals surface area contributed by atoms with Crippen LogP contribution in [-0.4, -0.2) is 44.1 Å². The minimum atomic E-state index is 0.195. The molecule has 1 aliphatic rings. The molecule has 2 aromatic carbocycles. The minimum absolute atomic E-state index is 0.195. The van der Waals surface area contributed by atoms with Crippen LogP contribution in [0.4, 0.5) is 5.69 Å². The van der Waals surface area contributed by atoms with Gasteiger partial charge in [0.15, 0.2) is 0 Å². The molecule has 0 N–H and O–H groups in total. The summed E-state index contributed by atoms with van der Waals surface area (Å²) in [7, 11) is 1.65. The van der Waals surface area contributed by atoms with E-state index < -0.39 is 0 Å². The van der Waals surface area contributed by atoms with Crippen LogP contribution in [-0.2, 0) is 11.2 Å². The summed E-state index contributed by atoms with van der Waals surface area (Å²) in [5.74, 6) is 2.66. The van der Waals surface area contributed by atoms with Gasteiger partial charge in [0.25, 0.3) is 0 Å². The highest BCUT2D eigenvalue weighted by Crippen LogP contribution is 2.25. The van der Waals surface area contributed by atoms with Crippen molar-refractivity contribution in [2.75, 3.05) is 38.2 Å². The van der Waals surface area contributed by atoms with E-state index in [1.165, 1.54) is 5.69 Å². The van der Waals surface area contributed by atoms with Crippen LogP contribution in [0.5, 0.6) is 5.75 Å². The van der Waals surface area contributed by atoms with Crippen molar-refractivity contribution in [3.8, 4) is 17.1 Å². The Balaban J connectivity index is 1.27. The van der Waals surface area contributed by atoms with E-state index in [-0.39, 0.29) is 5.91 Å². The number of nitrogens with zero attached hydrogens (tertiary/aromatic N) is 2. The Labute approximate surface area is 171 Å². The number of para-hydroxylation sites is 1. The number of aryl methyl sites for hydroxylation is 1. The van der Waals surface area contributed by atoms with Crippen LogP contribution in [0.1, 0.15) is 12.2 Å². The molecule has 1 aliphatic heterocycles. The van der Waals surface area contributed by atoms with Crippen LogP contribution in [0.3, 0.4) is 0 Å². The molecule has 0 saturated carbocycles. The largest absolute Gasteiger partial charge is 0.497 e. The number of furan rings is 1. The smallest absolute Gasteiger partial charge is 0.223 e. The zero-order valence-corrected chi connectivity index (χ0v) is 16.7. The zero-order chi connectivity index (χ0) is 20.1. The van der Waals surface area contributed by atoms with E-state index in [0.29, 0.717) is 12.8 Å². The van der Waals surface area contributed by atoms with Crippen molar-refractivity contribution in [3.63, 3.8) is 0 Å². The number of anilines is 1. The van der Waals surface area contributed by atoms with Crippen LogP contribution in [0.25, 0.3) is 11.3 Å². The molecule has 1 saturated heterocycles. The molecule has 0 atom stereocenters. The van der Waals surface area contributed by atoms with Crippen LogP contribution in [0, 0.1) is 0 Å². The van der Waals surface area contributed by atoms with Gasteiger partial charge < -0.3 is 19.0 Å². The van der Waals surface area contributed by atoms with Gasteiger partial charge in [0.2, 0.25) is 5.91 Å². The quantitative estimate of drug-likeness (QED) is 0.632. The first kappa shape index (κ1) is 19.1.